The Hall–Kier alpha value is -1.03. The van der Waals surface area contributed by atoms with Gasteiger partial charge in [0.15, 0.2) is 0 Å². The highest BCUT2D eigenvalue weighted by atomic mass is 16.4. The zero-order chi connectivity index (χ0) is 8.32. The molecule has 1 aliphatic rings. The number of amides is 1. The van der Waals surface area contributed by atoms with Gasteiger partial charge in [0.25, 0.3) is 0 Å². The van der Waals surface area contributed by atoms with Crippen molar-refractivity contribution in [1.82, 2.24) is 5.32 Å². The number of nitrogens with two attached hydrogens (primary N) is 1. The molecule has 0 aromatic rings. The Labute approximate surface area is 65.1 Å². The van der Waals surface area contributed by atoms with Gasteiger partial charge >= 0.3 is 6.09 Å². The SMILES string of the molecule is NC1(/C=C/CNC(=O)O)CC1. The maximum Gasteiger partial charge on any atom is 0.404 e. The van der Waals surface area contributed by atoms with Gasteiger partial charge in [0.2, 0.25) is 0 Å². The predicted octanol–water partition coefficient (Wildman–Crippen LogP) is 0.301. The van der Waals surface area contributed by atoms with Gasteiger partial charge in [-0.2, -0.15) is 0 Å². The summed E-state index contributed by atoms with van der Waals surface area (Å²) < 4.78 is 0. The molecule has 0 unspecified atom stereocenters. The molecular formula is C7H12N2O2. The van der Waals surface area contributed by atoms with Crippen LogP contribution < -0.4 is 11.1 Å². The maximum absolute atomic E-state index is 9.96. The molecule has 0 radical (unpaired) electrons. The van der Waals surface area contributed by atoms with Crippen LogP contribution in [0.15, 0.2) is 12.2 Å². The van der Waals surface area contributed by atoms with Crippen molar-refractivity contribution in [3.05, 3.63) is 12.2 Å². The lowest BCUT2D eigenvalue weighted by atomic mass is 10.2. The van der Waals surface area contributed by atoms with Gasteiger partial charge in [-0.25, -0.2) is 4.79 Å². The van der Waals surface area contributed by atoms with E-state index in [1.165, 1.54) is 0 Å². The molecule has 4 N–H and O–H groups in total. The first-order chi connectivity index (χ1) is 5.12. The fraction of sp³-hybridized carbons (Fsp3) is 0.571. The minimum Gasteiger partial charge on any atom is -0.465 e. The van der Waals surface area contributed by atoms with Gasteiger partial charge in [-0.3, -0.25) is 0 Å². The van der Waals surface area contributed by atoms with Crippen molar-refractivity contribution in [1.29, 1.82) is 0 Å². The van der Waals surface area contributed by atoms with E-state index in [0.29, 0.717) is 6.54 Å². The molecule has 1 fully saturated rings. The van der Waals surface area contributed by atoms with E-state index in [9.17, 15) is 4.79 Å². The molecule has 11 heavy (non-hydrogen) atoms. The first-order valence-corrected chi connectivity index (χ1v) is 3.56. The number of hydrogen-bond acceptors (Lipinski definition) is 2. The number of carboxylic acid groups (broad SMARTS) is 1. The van der Waals surface area contributed by atoms with E-state index in [-0.39, 0.29) is 5.54 Å². The van der Waals surface area contributed by atoms with Gasteiger partial charge in [0.05, 0.1) is 0 Å². The Morgan fingerprint density at radius 3 is 2.82 bits per heavy atom. The lowest BCUT2D eigenvalue weighted by Crippen LogP contribution is -2.22. The molecule has 0 aliphatic heterocycles. The molecule has 0 saturated heterocycles. The first kappa shape index (κ1) is 8.07. The highest BCUT2D eigenvalue weighted by molar-refractivity contribution is 5.64. The van der Waals surface area contributed by atoms with Gasteiger partial charge in [0, 0.05) is 12.1 Å². The van der Waals surface area contributed by atoms with Gasteiger partial charge in [-0.05, 0) is 12.8 Å². The normalized spacial score (nSPS) is 20.1. The third-order valence-electron chi connectivity index (χ3n) is 1.65. The van der Waals surface area contributed by atoms with Crippen molar-refractivity contribution in [3.8, 4) is 0 Å². The summed E-state index contributed by atoms with van der Waals surface area (Å²) in [6.45, 7) is 0.342. The molecule has 4 nitrogen and oxygen atoms in total. The molecule has 1 aliphatic carbocycles. The van der Waals surface area contributed by atoms with Gasteiger partial charge < -0.3 is 16.2 Å². The van der Waals surface area contributed by atoms with Crippen LogP contribution >= 0.6 is 0 Å². The molecule has 0 aromatic heterocycles. The summed E-state index contributed by atoms with van der Waals surface area (Å²) in [5.74, 6) is 0. The topological polar surface area (TPSA) is 75.3 Å². The minimum atomic E-state index is -1.00. The fourth-order valence-corrected chi connectivity index (χ4v) is 0.751. The molecule has 4 heteroatoms. The minimum absolute atomic E-state index is 0.125. The Bertz CT molecular complexity index is 185. The molecule has 0 aromatic carbocycles. The van der Waals surface area contributed by atoms with Crippen molar-refractivity contribution >= 4 is 6.09 Å². The van der Waals surface area contributed by atoms with Crippen molar-refractivity contribution < 1.29 is 9.90 Å². The van der Waals surface area contributed by atoms with E-state index in [2.05, 4.69) is 5.32 Å². The van der Waals surface area contributed by atoms with E-state index in [1.807, 2.05) is 6.08 Å². The van der Waals surface area contributed by atoms with Crippen molar-refractivity contribution in [2.45, 2.75) is 18.4 Å². The Kier molecular flexibility index (Phi) is 2.14. The van der Waals surface area contributed by atoms with Gasteiger partial charge in [-0.15, -0.1) is 0 Å². The summed E-state index contributed by atoms with van der Waals surface area (Å²) in [5.41, 5.74) is 5.58. The van der Waals surface area contributed by atoms with Crippen LogP contribution in [0.2, 0.25) is 0 Å². The number of nitrogens with one attached hydrogen (secondary N) is 1. The molecule has 1 saturated carbocycles. The summed E-state index contributed by atoms with van der Waals surface area (Å²) in [6.07, 6.45) is 4.63. The Morgan fingerprint density at radius 1 is 1.73 bits per heavy atom. The van der Waals surface area contributed by atoms with Crippen LogP contribution in [0, 0.1) is 0 Å². The van der Waals surface area contributed by atoms with Gasteiger partial charge in [0.1, 0.15) is 0 Å². The average Bonchev–Trinajstić information content (AvgIpc) is 2.62. The summed E-state index contributed by atoms with van der Waals surface area (Å²) in [5, 5.41) is 10.4. The molecule has 0 spiro atoms. The Morgan fingerprint density at radius 2 is 2.36 bits per heavy atom. The van der Waals surface area contributed by atoms with E-state index >= 15 is 0 Å². The summed E-state index contributed by atoms with van der Waals surface area (Å²) >= 11 is 0. The van der Waals surface area contributed by atoms with Gasteiger partial charge in [-0.1, -0.05) is 12.2 Å². The van der Waals surface area contributed by atoms with E-state index < -0.39 is 6.09 Å². The zero-order valence-corrected chi connectivity index (χ0v) is 6.21. The molecule has 0 bridgehead atoms. The van der Waals surface area contributed by atoms with Crippen LogP contribution in [0.4, 0.5) is 4.79 Å². The van der Waals surface area contributed by atoms with E-state index in [0.717, 1.165) is 12.8 Å². The monoisotopic (exact) mass is 156 g/mol. The van der Waals surface area contributed by atoms with Crippen LogP contribution in [0.5, 0.6) is 0 Å². The average molecular weight is 156 g/mol. The summed E-state index contributed by atoms with van der Waals surface area (Å²) in [4.78, 5) is 9.96. The third kappa shape index (κ3) is 3.04. The Balaban J connectivity index is 2.11. The van der Waals surface area contributed by atoms with Crippen LogP contribution in [-0.2, 0) is 0 Å². The zero-order valence-electron chi connectivity index (χ0n) is 6.21. The number of carbonyl (C=O) groups is 1. The highest BCUT2D eigenvalue weighted by Crippen LogP contribution is 2.33. The fourth-order valence-electron chi connectivity index (χ4n) is 0.751. The second kappa shape index (κ2) is 2.92. The van der Waals surface area contributed by atoms with Crippen LogP contribution in [-0.4, -0.2) is 23.3 Å². The second-order valence-electron chi connectivity index (χ2n) is 2.82. The van der Waals surface area contributed by atoms with Crippen LogP contribution in [0.25, 0.3) is 0 Å². The van der Waals surface area contributed by atoms with Crippen molar-refractivity contribution in [2.75, 3.05) is 6.54 Å². The molecule has 62 valence electrons. The maximum atomic E-state index is 9.96. The van der Waals surface area contributed by atoms with E-state index in [1.54, 1.807) is 6.08 Å². The molecule has 1 rings (SSSR count). The summed E-state index contributed by atoms with van der Waals surface area (Å²) in [6, 6.07) is 0. The molecule has 0 atom stereocenters. The predicted molar refractivity (Wildman–Crippen MR) is 41.3 cm³/mol. The van der Waals surface area contributed by atoms with Crippen molar-refractivity contribution in [2.24, 2.45) is 5.73 Å². The number of hydrogen-bond donors (Lipinski definition) is 3. The van der Waals surface area contributed by atoms with Crippen LogP contribution in [0.1, 0.15) is 12.8 Å². The van der Waals surface area contributed by atoms with E-state index in [4.69, 9.17) is 10.8 Å². The quantitative estimate of drug-likeness (QED) is 0.514. The second-order valence-corrected chi connectivity index (χ2v) is 2.82. The lowest BCUT2D eigenvalue weighted by molar-refractivity contribution is 0.195. The number of rotatable bonds is 3. The summed E-state index contributed by atoms with van der Waals surface area (Å²) in [7, 11) is 0. The largest absolute Gasteiger partial charge is 0.465 e. The highest BCUT2D eigenvalue weighted by Gasteiger charge is 2.34. The lowest BCUT2D eigenvalue weighted by Gasteiger charge is -1.98. The van der Waals surface area contributed by atoms with Crippen molar-refractivity contribution in [3.63, 3.8) is 0 Å². The standard InChI is InChI=1S/C7H12N2O2/c8-7(3-4-7)2-1-5-9-6(10)11/h1-2,9H,3-5,8H2,(H,10,11)/b2-1+. The molecular weight excluding hydrogens is 144 g/mol. The van der Waals surface area contributed by atoms with Crippen LogP contribution in [0.3, 0.4) is 0 Å². The first-order valence-electron chi connectivity index (χ1n) is 3.56. The third-order valence-corrected chi connectivity index (χ3v) is 1.65. The molecule has 0 heterocycles. The smallest absolute Gasteiger partial charge is 0.404 e. The molecule has 1 amide bonds.